The molecule has 5 heterocycles. The topological polar surface area (TPSA) is 127 Å². The molecule has 0 unspecified atom stereocenters. The first-order chi connectivity index (χ1) is 29.0. The van der Waals surface area contributed by atoms with Crippen LogP contribution in [0.2, 0.25) is 0 Å². The Bertz CT molecular complexity index is 2700. The zero-order valence-electron chi connectivity index (χ0n) is 33.6. The molecule has 0 bridgehead atoms. The molecular formula is C48H47N5O6. The van der Waals surface area contributed by atoms with Gasteiger partial charge in [-0.15, -0.1) is 0 Å². The number of para-hydroxylation sites is 2. The van der Waals surface area contributed by atoms with Crippen LogP contribution in [-0.4, -0.2) is 84.6 Å². The molecule has 0 saturated carbocycles. The average molecular weight is 790 g/mol. The fourth-order valence-corrected chi connectivity index (χ4v) is 7.62. The predicted octanol–water partition coefficient (Wildman–Crippen LogP) is 10.0. The summed E-state index contributed by atoms with van der Waals surface area (Å²) >= 11 is 0. The molecule has 4 aromatic heterocycles. The summed E-state index contributed by atoms with van der Waals surface area (Å²) in [6, 6.07) is 31.5. The number of benzene rings is 4. The minimum absolute atomic E-state index is 0.113. The van der Waals surface area contributed by atoms with Crippen LogP contribution in [0.1, 0.15) is 12.8 Å². The molecular weight excluding hydrogens is 743 g/mol. The van der Waals surface area contributed by atoms with Gasteiger partial charge in [0.25, 0.3) is 0 Å². The summed E-state index contributed by atoms with van der Waals surface area (Å²) in [5.74, 6) is 3.69. The number of fused-ring (bicyclic) bond motifs is 2. The predicted molar refractivity (Wildman–Crippen MR) is 233 cm³/mol. The van der Waals surface area contributed by atoms with Crippen molar-refractivity contribution in [3.63, 3.8) is 0 Å². The van der Waals surface area contributed by atoms with Crippen molar-refractivity contribution < 1.29 is 28.8 Å². The Morgan fingerprint density at radius 3 is 1.59 bits per heavy atom. The number of aromatic hydroxyl groups is 1. The highest BCUT2D eigenvalue weighted by Crippen LogP contribution is 2.39. The van der Waals surface area contributed by atoms with Crippen molar-refractivity contribution in [2.75, 3.05) is 54.7 Å². The van der Waals surface area contributed by atoms with Gasteiger partial charge in [-0.1, -0.05) is 48.5 Å². The fourth-order valence-electron chi connectivity index (χ4n) is 7.62. The van der Waals surface area contributed by atoms with Crippen molar-refractivity contribution in [2.45, 2.75) is 12.8 Å². The molecule has 4 aromatic carbocycles. The summed E-state index contributed by atoms with van der Waals surface area (Å²) in [6.45, 7) is 3.95. The van der Waals surface area contributed by atoms with Crippen LogP contribution in [0.4, 0.5) is 0 Å². The van der Waals surface area contributed by atoms with E-state index in [1.807, 2.05) is 79.3 Å². The Kier molecular flexibility index (Phi) is 11.6. The molecule has 11 heteroatoms. The number of hydrogen-bond donors (Lipinski definition) is 3. The lowest BCUT2D eigenvalue weighted by Crippen LogP contribution is -2.25. The highest BCUT2D eigenvalue weighted by molar-refractivity contribution is 5.98. The number of hydrogen-bond acceptors (Lipinski definition) is 9. The molecule has 3 N–H and O–H groups in total. The third-order valence-corrected chi connectivity index (χ3v) is 10.7. The van der Waals surface area contributed by atoms with E-state index >= 15 is 0 Å². The summed E-state index contributed by atoms with van der Waals surface area (Å²) in [5.41, 5.74) is 9.67. The molecule has 0 atom stereocenters. The second-order valence-corrected chi connectivity index (χ2v) is 14.2. The van der Waals surface area contributed by atoms with Gasteiger partial charge in [-0.3, -0.25) is 4.90 Å². The van der Waals surface area contributed by atoms with Gasteiger partial charge in [-0.25, -0.2) is 9.97 Å². The van der Waals surface area contributed by atoms with Crippen LogP contribution in [-0.2, 0) is 0 Å². The average Bonchev–Trinajstić information content (AvgIpc) is 4.07. The van der Waals surface area contributed by atoms with Crippen LogP contribution in [0, 0.1) is 0 Å². The second kappa shape index (κ2) is 17.7. The molecule has 1 aliphatic heterocycles. The number of pyridine rings is 2. The van der Waals surface area contributed by atoms with Crippen LogP contribution in [0.3, 0.4) is 0 Å². The van der Waals surface area contributed by atoms with E-state index in [0.29, 0.717) is 12.4 Å². The number of H-pyrrole nitrogens is 2. The van der Waals surface area contributed by atoms with E-state index in [0.717, 1.165) is 96.1 Å². The highest BCUT2D eigenvalue weighted by Gasteiger charge is 2.16. The van der Waals surface area contributed by atoms with Gasteiger partial charge in [-0.05, 0) is 85.6 Å². The van der Waals surface area contributed by atoms with Crippen LogP contribution in [0.15, 0.2) is 122 Å². The molecule has 11 nitrogen and oxygen atoms in total. The molecule has 0 aliphatic carbocycles. The van der Waals surface area contributed by atoms with E-state index in [4.69, 9.17) is 23.7 Å². The lowest BCUT2D eigenvalue weighted by molar-refractivity contribution is 0.230. The Labute approximate surface area is 343 Å². The molecule has 1 saturated heterocycles. The monoisotopic (exact) mass is 789 g/mol. The Balaban J connectivity index is 0.000000169. The van der Waals surface area contributed by atoms with E-state index in [9.17, 15) is 5.11 Å². The first kappa shape index (κ1) is 38.9. The zero-order chi connectivity index (χ0) is 40.7. The number of phenols is 1. The van der Waals surface area contributed by atoms with Gasteiger partial charge in [0.15, 0.2) is 23.0 Å². The van der Waals surface area contributed by atoms with E-state index in [1.165, 1.54) is 33.0 Å². The highest BCUT2D eigenvalue weighted by atomic mass is 16.5. The van der Waals surface area contributed by atoms with Gasteiger partial charge in [0.2, 0.25) is 0 Å². The van der Waals surface area contributed by atoms with Gasteiger partial charge in [0.1, 0.15) is 29.4 Å². The number of ether oxygens (including phenoxy) is 5. The Morgan fingerprint density at radius 1 is 0.542 bits per heavy atom. The largest absolute Gasteiger partial charge is 0.504 e. The lowest BCUT2D eigenvalue weighted by atomic mass is 10.0. The molecule has 1 aliphatic rings. The maximum absolute atomic E-state index is 9.81. The minimum atomic E-state index is 0.113. The van der Waals surface area contributed by atoms with Crippen molar-refractivity contribution in [3.8, 4) is 79.0 Å². The van der Waals surface area contributed by atoms with Gasteiger partial charge in [0, 0.05) is 75.5 Å². The number of phenolic OH excluding ortho intramolecular Hbond substituents is 1. The van der Waals surface area contributed by atoms with Crippen LogP contribution in [0.25, 0.3) is 66.6 Å². The maximum atomic E-state index is 9.81. The SMILES string of the molecule is COc1cc(-c2cnc3[nH]cc(-c4ccccc4OC)c3c2)ccc1O.COc1cc(-c2cnc3[nH]cc(-c4ccccc4OC)c3c2)ccc1OCCN1CCCC1. The third kappa shape index (κ3) is 8.23. The Morgan fingerprint density at radius 2 is 1.05 bits per heavy atom. The molecule has 0 spiro atoms. The summed E-state index contributed by atoms with van der Waals surface area (Å²) in [7, 11) is 6.57. The third-order valence-electron chi connectivity index (χ3n) is 10.7. The number of likely N-dealkylation sites (tertiary alicyclic amines) is 1. The minimum Gasteiger partial charge on any atom is -0.504 e. The summed E-state index contributed by atoms with van der Waals surface area (Å²) in [4.78, 5) is 18.1. The molecule has 8 aromatic rings. The van der Waals surface area contributed by atoms with E-state index in [2.05, 4.69) is 49.1 Å². The summed E-state index contributed by atoms with van der Waals surface area (Å²) in [5, 5.41) is 11.9. The number of methoxy groups -OCH3 is 4. The number of nitrogens with one attached hydrogen (secondary N) is 2. The Hall–Kier alpha value is -6.98. The number of aromatic amines is 2. The lowest BCUT2D eigenvalue weighted by Gasteiger charge is -2.16. The van der Waals surface area contributed by atoms with Crippen molar-refractivity contribution in [2.24, 2.45) is 0 Å². The summed E-state index contributed by atoms with van der Waals surface area (Å²) in [6.07, 6.45) is 10.2. The van der Waals surface area contributed by atoms with E-state index in [-0.39, 0.29) is 5.75 Å². The normalized spacial score (nSPS) is 12.6. The van der Waals surface area contributed by atoms with Gasteiger partial charge in [-0.2, -0.15) is 0 Å². The van der Waals surface area contributed by atoms with E-state index < -0.39 is 0 Å². The van der Waals surface area contributed by atoms with E-state index in [1.54, 1.807) is 39.7 Å². The van der Waals surface area contributed by atoms with Gasteiger partial charge in [0.05, 0.1) is 28.4 Å². The van der Waals surface area contributed by atoms with Crippen molar-refractivity contribution in [3.05, 3.63) is 122 Å². The molecule has 300 valence electrons. The molecule has 59 heavy (non-hydrogen) atoms. The smallest absolute Gasteiger partial charge is 0.161 e. The van der Waals surface area contributed by atoms with Gasteiger partial charge >= 0.3 is 0 Å². The standard InChI is InChI=1S/C27H29N3O3.C21H18N2O3/c1-31-24-8-4-3-7-21(24)23-18-29-27-22(23)15-20(17-28-27)19-9-10-25(26(16-19)32-2)33-14-13-30-11-5-6-12-30;1-25-19-6-4-3-5-15(19)17-12-23-21-16(17)9-14(11-22-21)13-7-8-18(24)20(10-13)26-2/h3-4,7-10,15-18H,5-6,11-14H2,1-2H3,(H,28,29);3-12,24H,1-2H3,(H,22,23). The van der Waals surface area contributed by atoms with Crippen molar-refractivity contribution in [1.29, 1.82) is 0 Å². The van der Waals surface area contributed by atoms with Crippen LogP contribution < -0.4 is 23.7 Å². The number of rotatable bonds is 12. The first-order valence-corrected chi connectivity index (χ1v) is 19.6. The van der Waals surface area contributed by atoms with Crippen molar-refractivity contribution in [1.82, 2.24) is 24.8 Å². The molecule has 0 radical (unpaired) electrons. The number of nitrogens with zero attached hydrogens (tertiary/aromatic N) is 3. The fraction of sp³-hybridized carbons (Fsp3) is 0.208. The maximum Gasteiger partial charge on any atom is 0.161 e. The van der Waals surface area contributed by atoms with Gasteiger partial charge < -0.3 is 38.8 Å². The zero-order valence-corrected chi connectivity index (χ0v) is 33.6. The van der Waals surface area contributed by atoms with Crippen LogP contribution >= 0.6 is 0 Å². The molecule has 0 amide bonds. The van der Waals surface area contributed by atoms with Crippen molar-refractivity contribution >= 4 is 22.1 Å². The first-order valence-electron chi connectivity index (χ1n) is 19.6. The van der Waals surface area contributed by atoms with Crippen LogP contribution in [0.5, 0.6) is 34.5 Å². The molecule has 1 fully saturated rings. The second-order valence-electron chi connectivity index (χ2n) is 14.2. The number of aromatic nitrogens is 4. The quantitative estimate of drug-likeness (QED) is 0.111. The summed E-state index contributed by atoms with van der Waals surface area (Å²) < 4.78 is 28.0. The molecule has 9 rings (SSSR count).